The third kappa shape index (κ3) is 4.26. The monoisotopic (exact) mass is 341 g/mol. The van der Waals surface area contributed by atoms with Gasteiger partial charge in [-0.3, -0.25) is 19.3 Å². The van der Waals surface area contributed by atoms with Gasteiger partial charge in [-0.1, -0.05) is 12.1 Å². The van der Waals surface area contributed by atoms with E-state index in [1.54, 1.807) is 0 Å². The third-order valence-electron chi connectivity index (χ3n) is 5.01. The van der Waals surface area contributed by atoms with Gasteiger partial charge in [0.2, 0.25) is 5.91 Å². The van der Waals surface area contributed by atoms with E-state index >= 15 is 0 Å². The molecule has 3 N–H and O–H groups in total. The second-order valence-corrected chi connectivity index (χ2v) is 6.80. The van der Waals surface area contributed by atoms with Gasteiger partial charge in [0.05, 0.1) is 0 Å². The SMILES string of the molecule is Nc1ccc(CNC(=O)C2CCC(CN3C(=O)C=CC3=O)CC2)cc1. The summed E-state index contributed by atoms with van der Waals surface area (Å²) in [4.78, 5) is 36.9. The van der Waals surface area contributed by atoms with E-state index in [1.165, 1.54) is 17.1 Å². The van der Waals surface area contributed by atoms with Crippen LogP contribution in [0.15, 0.2) is 36.4 Å². The average Bonchev–Trinajstić information content (AvgIpc) is 2.93. The van der Waals surface area contributed by atoms with Gasteiger partial charge >= 0.3 is 0 Å². The minimum absolute atomic E-state index is 0.00754. The molecule has 0 unspecified atom stereocenters. The van der Waals surface area contributed by atoms with Crippen LogP contribution >= 0.6 is 0 Å². The van der Waals surface area contributed by atoms with E-state index in [-0.39, 0.29) is 29.6 Å². The zero-order chi connectivity index (χ0) is 17.8. The van der Waals surface area contributed by atoms with Gasteiger partial charge in [0.15, 0.2) is 0 Å². The predicted molar refractivity (Wildman–Crippen MR) is 94.0 cm³/mol. The van der Waals surface area contributed by atoms with Crippen LogP contribution in [0.25, 0.3) is 0 Å². The van der Waals surface area contributed by atoms with Crippen LogP contribution in [0, 0.1) is 11.8 Å². The molecule has 6 nitrogen and oxygen atoms in total. The van der Waals surface area contributed by atoms with Crippen molar-refractivity contribution in [2.24, 2.45) is 11.8 Å². The highest BCUT2D eigenvalue weighted by molar-refractivity contribution is 6.12. The number of nitrogens with zero attached hydrogens (tertiary/aromatic N) is 1. The summed E-state index contributed by atoms with van der Waals surface area (Å²) in [6.07, 6.45) is 5.94. The molecular weight excluding hydrogens is 318 g/mol. The molecule has 0 aromatic heterocycles. The van der Waals surface area contributed by atoms with Crippen molar-refractivity contribution in [1.82, 2.24) is 10.2 Å². The number of amides is 3. The van der Waals surface area contributed by atoms with Gasteiger partial charge in [0.1, 0.15) is 0 Å². The summed E-state index contributed by atoms with van der Waals surface area (Å²) in [7, 11) is 0. The van der Waals surface area contributed by atoms with Crippen molar-refractivity contribution in [2.45, 2.75) is 32.2 Å². The number of anilines is 1. The lowest BCUT2D eigenvalue weighted by Gasteiger charge is -2.30. The van der Waals surface area contributed by atoms with E-state index < -0.39 is 0 Å². The van der Waals surface area contributed by atoms with E-state index in [9.17, 15) is 14.4 Å². The minimum Gasteiger partial charge on any atom is -0.399 e. The fourth-order valence-corrected chi connectivity index (χ4v) is 3.45. The summed E-state index contributed by atoms with van der Waals surface area (Å²) in [5.41, 5.74) is 7.38. The Morgan fingerprint density at radius 2 is 1.64 bits per heavy atom. The van der Waals surface area contributed by atoms with Crippen LogP contribution in [0.2, 0.25) is 0 Å². The van der Waals surface area contributed by atoms with Gasteiger partial charge in [-0.05, 0) is 49.3 Å². The van der Waals surface area contributed by atoms with Gasteiger partial charge < -0.3 is 11.1 Å². The van der Waals surface area contributed by atoms with E-state index in [0.29, 0.717) is 18.8 Å². The van der Waals surface area contributed by atoms with Gasteiger partial charge in [0.25, 0.3) is 11.8 Å². The average molecular weight is 341 g/mol. The number of nitrogens with one attached hydrogen (secondary N) is 1. The zero-order valence-electron chi connectivity index (χ0n) is 14.1. The Balaban J connectivity index is 1.42. The highest BCUT2D eigenvalue weighted by atomic mass is 16.2. The van der Waals surface area contributed by atoms with Gasteiger partial charge in [-0.25, -0.2) is 0 Å². The van der Waals surface area contributed by atoms with E-state index in [4.69, 9.17) is 5.73 Å². The molecule has 132 valence electrons. The van der Waals surface area contributed by atoms with Crippen LogP contribution < -0.4 is 11.1 Å². The van der Waals surface area contributed by atoms with Crippen molar-refractivity contribution in [3.8, 4) is 0 Å². The molecule has 1 saturated carbocycles. The predicted octanol–water partition coefficient (Wildman–Crippen LogP) is 1.62. The fourth-order valence-electron chi connectivity index (χ4n) is 3.45. The number of carbonyl (C=O) groups is 3. The number of nitrogen functional groups attached to an aromatic ring is 1. The number of carbonyl (C=O) groups excluding carboxylic acids is 3. The van der Waals surface area contributed by atoms with Crippen molar-refractivity contribution >= 4 is 23.4 Å². The first-order chi connectivity index (χ1) is 12.0. The Kier molecular flexibility index (Phi) is 5.16. The van der Waals surface area contributed by atoms with Crippen LogP contribution in [0.4, 0.5) is 5.69 Å². The number of rotatable bonds is 5. The van der Waals surface area contributed by atoms with Gasteiger partial charge in [-0.15, -0.1) is 0 Å². The second-order valence-electron chi connectivity index (χ2n) is 6.80. The molecule has 6 heteroatoms. The van der Waals surface area contributed by atoms with Crippen LogP contribution in [0.5, 0.6) is 0 Å². The lowest BCUT2D eigenvalue weighted by Crippen LogP contribution is -2.38. The Labute approximate surface area is 147 Å². The molecule has 1 aliphatic heterocycles. The third-order valence-corrected chi connectivity index (χ3v) is 5.01. The van der Waals surface area contributed by atoms with Crippen molar-refractivity contribution < 1.29 is 14.4 Å². The number of benzene rings is 1. The number of imide groups is 1. The van der Waals surface area contributed by atoms with E-state index in [0.717, 1.165) is 31.2 Å². The van der Waals surface area contributed by atoms with Crippen molar-refractivity contribution in [3.05, 3.63) is 42.0 Å². The van der Waals surface area contributed by atoms with Crippen LogP contribution in [0.3, 0.4) is 0 Å². The Hall–Kier alpha value is -2.63. The quantitative estimate of drug-likeness (QED) is 0.629. The minimum atomic E-state index is -0.228. The Bertz CT molecular complexity index is 670. The van der Waals surface area contributed by atoms with E-state index in [2.05, 4.69) is 5.32 Å². The molecule has 25 heavy (non-hydrogen) atoms. The molecule has 3 rings (SSSR count). The second kappa shape index (κ2) is 7.51. The number of nitrogens with two attached hydrogens (primary N) is 1. The maximum Gasteiger partial charge on any atom is 0.253 e. The van der Waals surface area contributed by atoms with E-state index in [1.807, 2.05) is 24.3 Å². The lowest BCUT2D eigenvalue weighted by atomic mass is 9.81. The largest absolute Gasteiger partial charge is 0.399 e. The molecule has 1 aromatic carbocycles. The van der Waals surface area contributed by atoms with Gasteiger partial charge in [-0.2, -0.15) is 0 Å². The molecular formula is C19H23N3O3. The lowest BCUT2D eigenvalue weighted by molar-refractivity contribution is -0.138. The van der Waals surface area contributed by atoms with Crippen LogP contribution in [0.1, 0.15) is 31.2 Å². The Morgan fingerprint density at radius 1 is 1.04 bits per heavy atom. The zero-order valence-corrected chi connectivity index (χ0v) is 14.1. The molecule has 1 heterocycles. The van der Waals surface area contributed by atoms with Crippen LogP contribution in [-0.2, 0) is 20.9 Å². The molecule has 0 radical (unpaired) electrons. The molecule has 2 aliphatic rings. The first kappa shape index (κ1) is 17.2. The van der Waals surface area contributed by atoms with Crippen LogP contribution in [-0.4, -0.2) is 29.2 Å². The summed E-state index contributed by atoms with van der Waals surface area (Å²) in [5, 5.41) is 2.98. The molecule has 1 aromatic rings. The molecule has 0 spiro atoms. The molecule has 0 bridgehead atoms. The maximum atomic E-state index is 12.3. The topological polar surface area (TPSA) is 92.5 Å². The van der Waals surface area contributed by atoms with Crippen molar-refractivity contribution in [3.63, 3.8) is 0 Å². The van der Waals surface area contributed by atoms with Crippen molar-refractivity contribution in [2.75, 3.05) is 12.3 Å². The maximum absolute atomic E-state index is 12.3. The molecule has 0 atom stereocenters. The first-order valence-electron chi connectivity index (χ1n) is 8.68. The standard InChI is InChI=1S/C19H23N3O3/c20-16-7-3-13(4-8-16)11-21-19(25)15-5-1-14(2-6-15)12-22-17(23)9-10-18(22)24/h3-4,7-10,14-15H,1-2,5-6,11-12,20H2,(H,21,25). The smallest absolute Gasteiger partial charge is 0.253 e. The summed E-state index contributed by atoms with van der Waals surface area (Å²) in [6.45, 7) is 0.964. The Morgan fingerprint density at radius 3 is 2.24 bits per heavy atom. The summed E-state index contributed by atoms with van der Waals surface area (Å²) in [6, 6.07) is 7.46. The van der Waals surface area contributed by atoms with Gasteiger partial charge in [0, 0.05) is 36.8 Å². The molecule has 1 fully saturated rings. The number of hydrogen-bond donors (Lipinski definition) is 2. The molecule has 3 amide bonds. The summed E-state index contributed by atoms with van der Waals surface area (Å²) < 4.78 is 0. The normalized spacial score (nSPS) is 23.1. The highest BCUT2D eigenvalue weighted by Gasteiger charge is 2.31. The first-order valence-corrected chi connectivity index (χ1v) is 8.68. The highest BCUT2D eigenvalue weighted by Crippen LogP contribution is 2.30. The number of hydrogen-bond acceptors (Lipinski definition) is 4. The molecule has 1 aliphatic carbocycles. The summed E-state index contributed by atoms with van der Waals surface area (Å²) >= 11 is 0. The fraction of sp³-hybridized carbons (Fsp3) is 0.421. The molecule has 0 saturated heterocycles. The van der Waals surface area contributed by atoms with Crippen molar-refractivity contribution in [1.29, 1.82) is 0 Å². The summed E-state index contributed by atoms with van der Waals surface area (Å²) in [5.74, 6) is -0.0888.